The Balaban J connectivity index is 2.81. The average molecular weight is 1050 g/mol. The minimum Gasteiger partial charge on any atom is -0.479 e. The van der Waals surface area contributed by atoms with Crippen molar-refractivity contribution >= 4 is 23.9 Å². The van der Waals surface area contributed by atoms with Gasteiger partial charge in [-0.15, -0.1) is 0 Å². The van der Waals surface area contributed by atoms with E-state index < -0.39 is 67.3 Å². The highest BCUT2D eigenvalue weighted by Gasteiger charge is 2.50. The molecule has 0 radical (unpaired) electrons. The number of carbonyl (C=O) groups excluding carboxylic acids is 3. The second-order valence-electron chi connectivity index (χ2n) is 18.5. The first kappa shape index (κ1) is 67.9. The molecule has 1 saturated heterocycles. The van der Waals surface area contributed by atoms with Gasteiger partial charge in [0.2, 0.25) is 0 Å². The number of rotatable bonds is 45. The van der Waals surface area contributed by atoms with Gasteiger partial charge in [0.15, 0.2) is 24.6 Å². The number of esters is 3. The normalized spacial score (nSPS) is 19.2. The molecule has 0 aromatic carbocycles. The summed E-state index contributed by atoms with van der Waals surface area (Å²) in [7, 11) is 0. The van der Waals surface area contributed by atoms with Crippen molar-refractivity contribution in [2.75, 3.05) is 13.2 Å². The maximum Gasteiger partial charge on any atom is 0.335 e. The molecule has 1 aliphatic rings. The molecule has 1 heterocycles. The molecule has 75 heavy (non-hydrogen) atoms. The quantitative estimate of drug-likeness (QED) is 0.0228. The van der Waals surface area contributed by atoms with Crippen molar-refractivity contribution in [1.82, 2.24) is 0 Å². The largest absolute Gasteiger partial charge is 0.479 e. The second-order valence-corrected chi connectivity index (χ2v) is 18.5. The van der Waals surface area contributed by atoms with Crippen molar-refractivity contribution < 1.29 is 58.2 Å². The number of ether oxygens (including phenoxy) is 5. The van der Waals surface area contributed by atoms with Crippen molar-refractivity contribution in [3.8, 4) is 0 Å². The number of carboxylic acids is 1. The maximum atomic E-state index is 13.1. The molecule has 6 unspecified atom stereocenters. The highest BCUT2D eigenvalue weighted by atomic mass is 16.7. The zero-order valence-electron chi connectivity index (χ0n) is 46.0. The zero-order chi connectivity index (χ0) is 54.7. The highest BCUT2D eigenvalue weighted by Crippen LogP contribution is 2.26. The van der Waals surface area contributed by atoms with Crippen LogP contribution in [0.1, 0.15) is 188 Å². The Bertz CT molecular complexity index is 1810. The van der Waals surface area contributed by atoms with Crippen LogP contribution in [0.3, 0.4) is 0 Å². The Hall–Kier alpha value is -5.14. The van der Waals surface area contributed by atoms with E-state index >= 15 is 0 Å². The van der Waals surface area contributed by atoms with Gasteiger partial charge in [0.05, 0.1) is 13.0 Å². The number of aliphatic hydroxyl groups is 2. The van der Waals surface area contributed by atoms with E-state index in [2.05, 4.69) is 112 Å². The van der Waals surface area contributed by atoms with Crippen LogP contribution in [0.5, 0.6) is 0 Å². The van der Waals surface area contributed by atoms with E-state index in [-0.39, 0.29) is 25.9 Å². The van der Waals surface area contributed by atoms with Gasteiger partial charge in [-0.25, -0.2) is 4.79 Å². The zero-order valence-corrected chi connectivity index (χ0v) is 46.0. The van der Waals surface area contributed by atoms with E-state index in [1.54, 1.807) is 6.08 Å². The molecule has 0 aromatic heterocycles. The van der Waals surface area contributed by atoms with Crippen LogP contribution in [-0.2, 0) is 42.9 Å². The fraction of sp³-hybridized carbons (Fsp3) is 0.587. The third-order valence-electron chi connectivity index (χ3n) is 11.7. The van der Waals surface area contributed by atoms with Gasteiger partial charge in [-0.2, -0.15) is 0 Å². The van der Waals surface area contributed by atoms with Crippen molar-refractivity contribution in [3.63, 3.8) is 0 Å². The summed E-state index contributed by atoms with van der Waals surface area (Å²) in [6.07, 6.45) is 57.6. The van der Waals surface area contributed by atoms with E-state index in [0.29, 0.717) is 25.7 Å². The minimum atomic E-state index is -1.95. The lowest BCUT2D eigenvalue weighted by Gasteiger charge is -2.40. The topological polar surface area (TPSA) is 175 Å². The molecular weight excluding hydrogens is 949 g/mol. The molecule has 0 aromatic rings. The van der Waals surface area contributed by atoms with Gasteiger partial charge < -0.3 is 39.0 Å². The van der Waals surface area contributed by atoms with E-state index in [9.17, 15) is 34.5 Å². The number of hydrogen-bond acceptors (Lipinski definition) is 11. The van der Waals surface area contributed by atoms with Crippen molar-refractivity contribution in [3.05, 3.63) is 134 Å². The summed E-state index contributed by atoms with van der Waals surface area (Å²) in [4.78, 5) is 50.9. The smallest absolute Gasteiger partial charge is 0.335 e. The number of aliphatic hydroxyl groups excluding tert-OH is 2. The van der Waals surface area contributed by atoms with E-state index in [0.717, 1.165) is 96.3 Å². The SMILES string of the molecule is CC/C=C\C/C=C\C/C=C\C/C=C\C/C=C\CC(=O)OC(COC(=O)CCCCCCCCC/C=C\C/C=C\CCCCC)COC1OC(C(=O)O)C(O)C(O)C1OC(=O)CC/C=C\C/C=C\C/C=C\C/C=C\CC. The molecule has 0 spiro atoms. The first-order valence-corrected chi connectivity index (χ1v) is 28.2. The third-order valence-corrected chi connectivity index (χ3v) is 11.7. The first-order valence-electron chi connectivity index (χ1n) is 28.2. The summed E-state index contributed by atoms with van der Waals surface area (Å²) in [6.45, 7) is 5.58. The third kappa shape index (κ3) is 39.9. The molecule has 1 aliphatic heterocycles. The molecule has 1 fully saturated rings. The van der Waals surface area contributed by atoms with Gasteiger partial charge in [0.1, 0.15) is 18.8 Å². The predicted octanol–water partition coefficient (Wildman–Crippen LogP) is 14.2. The van der Waals surface area contributed by atoms with Crippen molar-refractivity contribution in [1.29, 1.82) is 0 Å². The summed E-state index contributed by atoms with van der Waals surface area (Å²) in [5, 5.41) is 31.4. The number of carbonyl (C=O) groups is 4. The second kappa shape index (κ2) is 49.7. The summed E-state index contributed by atoms with van der Waals surface area (Å²) in [6, 6.07) is 0. The number of aliphatic carboxylic acids is 1. The van der Waals surface area contributed by atoms with Crippen LogP contribution < -0.4 is 0 Å². The summed E-state index contributed by atoms with van der Waals surface area (Å²) in [5.74, 6) is -3.43. The van der Waals surface area contributed by atoms with E-state index in [1.165, 1.54) is 25.7 Å². The summed E-state index contributed by atoms with van der Waals surface area (Å²) >= 11 is 0. The number of carboxylic acid groups (broad SMARTS) is 1. The Morgan fingerprint density at radius 3 is 1.40 bits per heavy atom. The van der Waals surface area contributed by atoms with Gasteiger partial charge in [-0.3, -0.25) is 14.4 Å². The number of allylic oxidation sites excluding steroid dienone is 21. The van der Waals surface area contributed by atoms with Gasteiger partial charge in [-0.1, -0.05) is 199 Å². The first-order chi connectivity index (χ1) is 36.6. The van der Waals surface area contributed by atoms with Crippen LogP contribution in [-0.4, -0.2) is 89.2 Å². The Kier molecular flexibility index (Phi) is 45.0. The van der Waals surface area contributed by atoms with Crippen LogP contribution >= 0.6 is 0 Å². The summed E-state index contributed by atoms with van der Waals surface area (Å²) in [5.41, 5.74) is 0. The van der Waals surface area contributed by atoms with E-state index in [1.807, 2.05) is 36.5 Å². The lowest BCUT2D eigenvalue weighted by atomic mass is 9.98. The monoisotopic (exact) mass is 1040 g/mol. The van der Waals surface area contributed by atoms with Crippen LogP contribution in [0.25, 0.3) is 0 Å². The van der Waals surface area contributed by atoms with Crippen LogP contribution in [0.2, 0.25) is 0 Å². The minimum absolute atomic E-state index is 0.0792. The molecular formula is C63H96O12. The average Bonchev–Trinajstić information content (AvgIpc) is 3.39. The fourth-order valence-corrected chi connectivity index (χ4v) is 7.48. The molecule has 3 N–H and O–H groups in total. The summed E-state index contributed by atoms with van der Waals surface area (Å²) < 4.78 is 28.1. The van der Waals surface area contributed by atoms with Gasteiger partial charge in [0, 0.05) is 12.8 Å². The fourth-order valence-electron chi connectivity index (χ4n) is 7.48. The molecule has 0 aliphatic carbocycles. The van der Waals surface area contributed by atoms with Crippen LogP contribution in [0.15, 0.2) is 134 Å². The molecule has 0 amide bonds. The Morgan fingerprint density at radius 1 is 0.467 bits per heavy atom. The lowest BCUT2D eigenvalue weighted by Crippen LogP contribution is -2.61. The van der Waals surface area contributed by atoms with Crippen molar-refractivity contribution in [2.24, 2.45) is 0 Å². The van der Waals surface area contributed by atoms with Gasteiger partial charge in [-0.05, 0) is 103 Å². The van der Waals surface area contributed by atoms with E-state index in [4.69, 9.17) is 23.7 Å². The molecule has 0 saturated carbocycles. The standard InChI is InChI=1S/C63H96O12/c1-4-7-10-13-16-19-22-25-27-28-30-32-34-37-40-43-46-49-55(64)71-52-54(73-56(65)50-47-44-41-38-36-33-29-26-23-20-17-14-11-8-5-2)53-72-63-61(59(68)58(67)60(75-63)62(69)70)74-57(66)51-48-45-42-39-35-31-24-21-18-15-12-9-6-3/h8-9,11-12,16-21,25-27,29,31,35-36,38,42,44-45,47,54,58-61,63,67-68H,4-7,10,13-15,22-24,28,30,32-34,37,39-41,43,46,48-53H2,1-3H3,(H,69,70)/b11-8-,12-9-,19-16-,20-17-,21-18-,27-25-,29-26-,35-31-,38-36-,45-42-,47-44-. The number of hydrogen-bond donors (Lipinski definition) is 3. The lowest BCUT2D eigenvalue weighted by molar-refractivity contribution is -0.301. The molecule has 12 heteroatoms. The molecule has 0 bridgehead atoms. The van der Waals surface area contributed by atoms with Crippen LogP contribution in [0, 0.1) is 0 Å². The molecule has 420 valence electrons. The van der Waals surface area contributed by atoms with Gasteiger partial charge in [0.25, 0.3) is 0 Å². The number of unbranched alkanes of at least 4 members (excludes halogenated alkanes) is 10. The molecule has 6 atom stereocenters. The highest BCUT2D eigenvalue weighted by molar-refractivity contribution is 5.74. The predicted molar refractivity (Wildman–Crippen MR) is 303 cm³/mol. The molecule has 1 rings (SSSR count). The van der Waals surface area contributed by atoms with Crippen LogP contribution in [0.4, 0.5) is 0 Å². The molecule has 12 nitrogen and oxygen atoms in total. The Labute approximate surface area is 451 Å². The Morgan fingerprint density at radius 2 is 0.907 bits per heavy atom. The van der Waals surface area contributed by atoms with Crippen molar-refractivity contribution in [2.45, 2.75) is 225 Å². The maximum absolute atomic E-state index is 13.1. The van der Waals surface area contributed by atoms with Gasteiger partial charge >= 0.3 is 23.9 Å².